The number of benzene rings is 1. The first kappa shape index (κ1) is 18.0. The van der Waals surface area contributed by atoms with Gasteiger partial charge in [-0.2, -0.15) is 0 Å². The van der Waals surface area contributed by atoms with Crippen LogP contribution in [0.3, 0.4) is 0 Å². The Morgan fingerprint density at radius 2 is 2.00 bits per heavy atom. The van der Waals surface area contributed by atoms with E-state index in [4.69, 9.17) is 18.8 Å². The molecule has 1 fully saturated rings. The zero-order valence-corrected chi connectivity index (χ0v) is 13.8. The van der Waals surface area contributed by atoms with E-state index in [0.29, 0.717) is 18.4 Å². The molecule has 1 unspecified atom stereocenters. The Morgan fingerprint density at radius 1 is 1.35 bits per heavy atom. The van der Waals surface area contributed by atoms with Gasteiger partial charge in [-0.25, -0.2) is 9.35 Å². The predicted molar refractivity (Wildman–Crippen MR) is 83.4 cm³/mol. The van der Waals surface area contributed by atoms with E-state index in [1.165, 1.54) is 6.07 Å². The largest absolute Gasteiger partial charge is 0.341 e. The smallest absolute Gasteiger partial charge is 0.275 e. The number of nitrogens with two attached hydrogens (primary N) is 1. The Morgan fingerprint density at radius 3 is 2.57 bits per heavy atom. The van der Waals surface area contributed by atoms with Gasteiger partial charge < -0.3 is 9.47 Å². The van der Waals surface area contributed by atoms with E-state index >= 15 is 0 Å². The minimum Gasteiger partial charge on any atom is -0.341 e. The SMILES string of the molecule is CCC1(CC)O[C@H](c2ccccc2[N+](=O)[O-])[C@@H](COS(N)=O)O1. The Hall–Kier alpha value is -1.39. The summed E-state index contributed by atoms with van der Waals surface area (Å²) in [5, 5.41) is 16.4. The minimum atomic E-state index is -1.95. The van der Waals surface area contributed by atoms with Crippen molar-refractivity contribution in [1.82, 2.24) is 0 Å². The van der Waals surface area contributed by atoms with Crippen LogP contribution in [0.1, 0.15) is 38.4 Å². The molecule has 0 spiro atoms. The van der Waals surface area contributed by atoms with Gasteiger partial charge >= 0.3 is 0 Å². The van der Waals surface area contributed by atoms with Crippen molar-refractivity contribution >= 4 is 17.0 Å². The van der Waals surface area contributed by atoms with Crippen LogP contribution in [0.2, 0.25) is 0 Å². The maximum Gasteiger partial charge on any atom is 0.275 e. The molecule has 0 aromatic heterocycles. The Labute approximate surface area is 136 Å². The van der Waals surface area contributed by atoms with Crippen LogP contribution in [0.15, 0.2) is 24.3 Å². The normalized spacial score (nSPS) is 24.5. The lowest BCUT2D eigenvalue weighted by Crippen LogP contribution is -2.30. The molecule has 23 heavy (non-hydrogen) atoms. The van der Waals surface area contributed by atoms with Gasteiger partial charge in [0.25, 0.3) is 5.69 Å². The fraction of sp³-hybridized carbons (Fsp3) is 0.571. The maximum atomic E-state index is 11.3. The molecule has 1 aromatic rings. The average Bonchev–Trinajstić information content (AvgIpc) is 2.92. The average molecular weight is 344 g/mol. The number of nitro groups is 1. The molecule has 128 valence electrons. The molecule has 8 nitrogen and oxygen atoms in total. The monoisotopic (exact) mass is 344 g/mol. The van der Waals surface area contributed by atoms with Crippen LogP contribution in [0.4, 0.5) is 5.69 Å². The van der Waals surface area contributed by atoms with Gasteiger partial charge in [0.05, 0.1) is 17.1 Å². The van der Waals surface area contributed by atoms with Crippen molar-refractivity contribution in [2.45, 2.75) is 44.7 Å². The quantitative estimate of drug-likeness (QED) is 0.598. The minimum absolute atomic E-state index is 0.0528. The Balaban J connectivity index is 2.36. The summed E-state index contributed by atoms with van der Waals surface area (Å²) in [6.07, 6.45) is -0.186. The Kier molecular flexibility index (Phi) is 5.82. The molecule has 9 heteroatoms. The second-order valence-corrected chi connectivity index (χ2v) is 5.93. The van der Waals surface area contributed by atoms with Gasteiger partial charge in [-0.15, -0.1) is 0 Å². The van der Waals surface area contributed by atoms with Crippen molar-refractivity contribution in [3.05, 3.63) is 39.9 Å². The molecule has 1 aromatic carbocycles. The molecule has 1 saturated heterocycles. The highest BCUT2D eigenvalue weighted by atomic mass is 32.2. The summed E-state index contributed by atoms with van der Waals surface area (Å²) in [6, 6.07) is 6.32. The van der Waals surface area contributed by atoms with Gasteiger partial charge in [-0.3, -0.25) is 14.3 Å². The summed E-state index contributed by atoms with van der Waals surface area (Å²) in [7, 11) is 0. The van der Waals surface area contributed by atoms with Gasteiger partial charge in [0.1, 0.15) is 12.2 Å². The highest BCUT2D eigenvalue weighted by molar-refractivity contribution is 7.77. The molecular weight excluding hydrogens is 324 g/mol. The fourth-order valence-electron chi connectivity index (χ4n) is 2.67. The number of nitro benzene ring substituents is 1. The van der Waals surface area contributed by atoms with Crippen molar-refractivity contribution < 1.29 is 22.8 Å². The topological polar surface area (TPSA) is 114 Å². The van der Waals surface area contributed by atoms with Gasteiger partial charge in [0.15, 0.2) is 5.79 Å². The number of nitrogens with zero attached hydrogens (tertiary/aromatic N) is 1. The van der Waals surface area contributed by atoms with E-state index in [2.05, 4.69) is 0 Å². The summed E-state index contributed by atoms with van der Waals surface area (Å²) in [5.74, 6) is -0.849. The third kappa shape index (κ3) is 3.93. The number of rotatable bonds is 7. The van der Waals surface area contributed by atoms with Crippen LogP contribution in [0.25, 0.3) is 0 Å². The molecule has 0 saturated carbocycles. The van der Waals surface area contributed by atoms with E-state index in [1.54, 1.807) is 18.2 Å². The summed E-state index contributed by atoms with van der Waals surface area (Å²) >= 11 is -1.95. The Bertz CT molecular complexity index is 592. The number of hydrogen-bond donors (Lipinski definition) is 1. The summed E-state index contributed by atoms with van der Waals surface area (Å²) in [5.41, 5.74) is 0.348. The van der Waals surface area contributed by atoms with Crippen molar-refractivity contribution in [3.63, 3.8) is 0 Å². The zero-order valence-electron chi connectivity index (χ0n) is 13.0. The van der Waals surface area contributed by atoms with E-state index in [1.807, 2.05) is 13.8 Å². The lowest BCUT2D eigenvalue weighted by atomic mass is 10.0. The number of para-hydroxylation sites is 1. The van der Waals surface area contributed by atoms with E-state index in [-0.39, 0.29) is 12.3 Å². The lowest BCUT2D eigenvalue weighted by molar-refractivity contribution is -0.386. The van der Waals surface area contributed by atoms with Crippen LogP contribution in [0.5, 0.6) is 0 Å². The third-order valence-electron chi connectivity index (χ3n) is 3.91. The van der Waals surface area contributed by atoms with Crippen molar-refractivity contribution in [1.29, 1.82) is 0 Å². The maximum absolute atomic E-state index is 11.3. The molecule has 0 amide bonds. The number of ether oxygens (including phenoxy) is 2. The second-order valence-electron chi connectivity index (χ2n) is 5.17. The molecule has 1 aliphatic rings. The first-order valence-corrected chi connectivity index (χ1v) is 8.44. The van der Waals surface area contributed by atoms with Crippen molar-refractivity contribution in [2.75, 3.05) is 6.61 Å². The van der Waals surface area contributed by atoms with Gasteiger partial charge in [0.2, 0.25) is 11.3 Å². The van der Waals surface area contributed by atoms with E-state index < -0.39 is 34.2 Å². The first-order valence-electron chi connectivity index (χ1n) is 7.31. The molecule has 1 heterocycles. The summed E-state index contributed by atoms with van der Waals surface area (Å²) in [6.45, 7) is 3.73. The molecule has 0 bridgehead atoms. The van der Waals surface area contributed by atoms with Crippen LogP contribution < -0.4 is 5.14 Å². The van der Waals surface area contributed by atoms with Gasteiger partial charge in [-0.1, -0.05) is 26.0 Å². The molecule has 0 radical (unpaired) electrons. The van der Waals surface area contributed by atoms with E-state index in [0.717, 1.165) is 0 Å². The van der Waals surface area contributed by atoms with Gasteiger partial charge in [0, 0.05) is 6.07 Å². The summed E-state index contributed by atoms with van der Waals surface area (Å²) in [4.78, 5) is 10.8. The molecule has 0 aliphatic carbocycles. The van der Waals surface area contributed by atoms with E-state index in [9.17, 15) is 14.3 Å². The lowest BCUT2D eigenvalue weighted by Gasteiger charge is -2.25. The van der Waals surface area contributed by atoms with Crippen LogP contribution in [-0.2, 0) is 24.9 Å². The zero-order chi connectivity index (χ0) is 17.0. The standard InChI is InChI=1S/C14H20N2O6S/c1-3-14(4-2)21-12(9-20-23(15)19)13(22-14)10-7-5-6-8-11(10)16(17)18/h5-8,12-13H,3-4,9,15H2,1-2H3/t12-,13-,23?/m1/s1. The van der Waals surface area contributed by atoms with Crippen LogP contribution in [-0.4, -0.2) is 27.6 Å². The third-order valence-corrected chi connectivity index (χ3v) is 4.28. The first-order chi connectivity index (χ1) is 10.9. The number of hydrogen-bond acceptors (Lipinski definition) is 6. The molecular formula is C14H20N2O6S. The molecule has 1 aliphatic heterocycles. The summed E-state index contributed by atoms with van der Waals surface area (Å²) < 4.78 is 27.9. The van der Waals surface area contributed by atoms with Crippen LogP contribution in [0, 0.1) is 10.1 Å². The van der Waals surface area contributed by atoms with Crippen molar-refractivity contribution in [3.8, 4) is 0 Å². The van der Waals surface area contributed by atoms with Crippen LogP contribution >= 0.6 is 0 Å². The van der Waals surface area contributed by atoms with Crippen molar-refractivity contribution in [2.24, 2.45) is 5.14 Å². The predicted octanol–water partition coefficient (Wildman–Crippen LogP) is 2.12. The second kappa shape index (κ2) is 7.45. The molecule has 2 N–H and O–H groups in total. The molecule has 3 atom stereocenters. The highest BCUT2D eigenvalue weighted by Crippen LogP contribution is 2.44. The molecule has 2 rings (SSSR count). The van der Waals surface area contributed by atoms with Gasteiger partial charge in [-0.05, 0) is 18.9 Å². The highest BCUT2D eigenvalue weighted by Gasteiger charge is 2.48. The fourth-order valence-corrected chi connectivity index (χ4v) is 2.94.